The SMILES string of the molecule is COc1ccc2c(c1)CCNC(=O)C2. The van der Waals surface area contributed by atoms with E-state index in [4.69, 9.17) is 4.74 Å². The lowest BCUT2D eigenvalue weighted by Crippen LogP contribution is -2.24. The summed E-state index contributed by atoms with van der Waals surface area (Å²) in [6.45, 7) is 0.721. The highest BCUT2D eigenvalue weighted by molar-refractivity contribution is 5.79. The molecule has 0 atom stereocenters. The highest BCUT2D eigenvalue weighted by atomic mass is 16.5. The van der Waals surface area contributed by atoms with Gasteiger partial charge in [-0.2, -0.15) is 0 Å². The van der Waals surface area contributed by atoms with Crippen molar-refractivity contribution < 1.29 is 9.53 Å². The predicted octanol–water partition coefficient (Wildman–Crippen LogP) is 0.910. The molecular formula is C11H13NO2. The van der Waals surface area contributed by atoms with Gasteiger partial charge in [-0.05, 0) is 29.7 Å². The molecule has 1 N–H and O–H groups in total. The van der Waals surface area contributed by atoms with Crippen molar-refractivity contribution >= 4 is 5.91 Å². The topological polar surface area (TPSA) is 38.3 Å². The van der Waals surface area contributed by atoms with E-state index in [9.17, 15) is 4.79 Å². The molecule has 3 nitrogen and oxygen atoms in total. The molecule has 0 radical (unpaired) electrons. The summed E-state index contributed by atoms with van der Waals surface area (Å²) in [7, 11) is 1.65. The van der Waals surface area contributed by atoms with Crippen molar-refractivity contribution in [3.63, 3.8) is 0 Å². The largest absolute Gasteiger partial charge is 0.497 e. The van der Waals surface area contributed by atoms with Gasteiger partial charge in [-0.1, -0.05) is 6.07 Å². The summed E-state index contributed by atoms with van der Waals surface area (Å²) in [6.07, 6.45) is 1.37. The molecule has 3 heteroatoms. The average molecular weight is 191 g/mol. The van der Waals surface area contributed by atoms with Gasteiger partial charge in [0.1, 0.15) is 5.75 Å². The number of carbonyl (C=O) groups excluding carboxylic acids is 1. The van der Waals surface area contributed by atoms with Crippen molar-refractivity contribution in [3.05, 3.63) is 29.3 Å². The smallest absolute Gasteiger partial charge is 0.224 e. The summed E-state index contributed by atoms with van der Waals surface area (Å²) in [5.74, 6) is 0.965. The van der Waals surface area contributed by atoms with Crippen LogP contribution in [0.25, 0.3) is 0 Å². The summed E-state index contributed by atoms with van der Waals surface area (Å²) in [6, 6.07) is 5.88. The van der Waals surface area contributed by atoms with Crippen molar-refractivity contribution in [1.82, 2.24) is 5.32 Å². The van der Waals surface area contributed by atoms with Crippen LogP contribution in [0.3, 0.4) is 0 Å². The summed E-state index contributed by atoms with van der Waals surface area (Å²) in [5, 5.41) is 2.85. The Balaban J connectivity index is 2.35. The zero-order chi connectivity index (χ0) is 9.97. The minimum absolute atomic E-state index is 0.105. The maximum Gasteiger partial charge on any atom is 0.224 e. The van der Waals surface area contributed by atoms with E-state index in [1.54, 1.807) is 7.11 Å². The third kappa shape index (κ3) is 1.71. The standard InChI is InChI=1S/C11H13NO2/c1-14-10-3-2-8-7-11(13)12-5-4-9(8)6-10/h2-3,6H,4-5,7H2,1H3,(H,12,13). The molecule has 1 heterocycles. The summed E-state index contributed by atoms with van der Waals surface area (Å²) < 4.78 is 5.14. The van der Waals surface area contributed by atoms with E-state index >= 15 is 0 Å². The molecule has 0 fully saturated rings. The first-order valence-corrected chi connectivity index (χ1v) is 4.72. The number of hydrogen-bond donors (Lipinski definition) is 1. The Bertz CT molecular complexity index is 360. The first-order chi connectivity index (χ1) is 6.79. The average Bonchev–Trinajstić information content (AvgIpc) is 2.37. The number of nitrogens with one attached hydrogen (secondary N) is 1. The Kier molecular flexibility index (Phi) is 2.39. The van der Waals surface area contributed by atoms with Crippen molar-refractivity contribution in [2.45, 2.75) is 12.8 Å². The highest BCUT2D eigenvalue weighted by Crippen LogP contribution is 2.19. The van der Waals surface area contributed by atoms with Crippen LogP contribution in [0.1, 0.15) is 11.1 Å². The van der Waals surface area contributed by atoms with Crippen molar-refractivity contribution in [3.8, 4) is 5.75 Å². The number of benzene rings is 1. The molecule has 0 saturated carbocycles. The van der Waals surface area contributed by atoms with Crippen LogP contribution in [0, 0.1) is 0 Å². The van der Waals surface area contributed by atoms with Gasteiger partial charge in [0.2, 0.25) is 5.91 Å². The van der Waals surface area contributed by atoms with Crippen LogP contribution in [0.5, 0.6) is 5.75 Å². The van der Waals surface area contributed by atoms with E-state index in [0.29, 0.717) is 6.42 Å². The maximum absolute atomic E-state index is 11.3. The van der Waals surface area contributed by atoms with Crippen molar-refractivity contribution in [2.24, 2.45) is 0 Å². The van der Waals surface area contributed by atoms with Gasteiger partial charge in [-0.15, -0.1) is 0 Å². The lowest BCUT2D eigenvalue weighted by atomic mass is 10.0. The zero-order valence-electron chi connectivity index (χ0n) is 8.17. The van der Waals surface area contributed by atoms with Gasteiger partial charge in [0.25, 0.3) is 0 Å². The second-order valence-electron chi connectivity index (χ2n) is 3.41. The van der Waals surface area contributed by atoms with Gasteiger partial charge in [-0.3, -0.25) is 4.79 Å². The van der Waals surface area contributed by atoms with Crippen molar-refractivity contribution in [2.75, 3.05) is 13.7 Å². The monoisotopic (exact) mass is 191 g/mol. The third-order valence-corrected chi connectivity index (χ3v) is 2.48. The summed E-state index contributed by atoms with van der Waals surface area (Å²) >= 11 is 0. The van der Waals surface area contributed by atoms with E-state index in [1.165, 1.54) is 5.56 Å². The molecule has 0 saturated heterocycles. The Morgan fingerprint density at radius 2 is 2.21 bits per heavy atom. The third-order valence-electron chi connectivity index (χ3n) is 2.48. The molecule has 0 aromatic heterocycles. The number of methoxy groups -OCH3 is 1. The first kappa shape index (κ1) is 9.06. The van der Waals surface area contributed by atoms with E-state index in [-0.39, 0.29) is 5.91 Å². The fourth-order valence-corrected chi connectivity index (χ4v) is 1.71. The number of hydrogen-bond acceptors (Lipinski definition) is 2. The number of ether oxygens (including phenoxy) is 1. The summed E-state index contributed by atoms with van der Waals surface area (Å²) in [5.41, 5.74) is 2.32. The second kappa shape index (κ2) is 3.70. The molecule has 1 amide bonds. The molecule has 0 unspecified atom stereocenters. The van der Waals surface area contributed by atoms with E-state index in [0.717, 1.165) is 24.3 Å². The molecule has 1 aromatic rings. The molecule has 14 heavy (non-hydrogen) atoms. The Morgan fingerprint density at radius 3 is 3.00 bits per heavy atom. The van der Waals surface area contributed by atoms with Crippen LogP contribution in [0.15, 0.2) is 18.2 Å². The van der Waals surface area contributed by atoms with E-state index < -0.39 is 0 Å². The lowest BCUT2D eigenvalue weighted by Gasteiger charge is -2.06. The first-order valence-electron chi connectivity index (χ1n) is 4.72. The highest BCUT2D eigenvalue weighted by Gasteiger charge is 2.12. The molecular weight excluding hydrogens is 178 g/mol. The van der Waals surface area contributed by atoms with E-state index in [1.807, 2.05) is 18.2 Å². The minimum Gasteiger partial charge on any atom is -0.497 e. The molecule has 1 aliphatic heterocycles. The molecule has 0 spiro atoms. The Morgan fingerprint density at radius 1 is 1.36 bits per heavy atom. The molecule has 0 bridgehead atoms. The normalized spacial score (nSPS) is 15.4. The number of amides is 1. The van der Waals surface area contributed by atoms with E-state index in [2.05, 4.69) is 5.32 Å². The number of rotatable bonds is 1. The van der Waals surface area contributed by atoms with Crippen LogP contribution in [-0.4, -0.2) is 19.6 Å². The van der Waals surface area contributed by atoms with Gasteiger partial charge >= 0.3 is 0 Å². The van der Waals surface area contributed by atoms with Gasteiger partial charge in [-0.25, -0.2) is 0 Å². The zero-order valence-corrected chi connectivity index (χ0v) is 8.17. The lowest BCUT2D eigenvalue weighted by molar-refractivity contribution is -0.120. The predicted molar refractivity (Wildman–Crippen MR) is 53.4 cm³/mol. The Hall–Kier alpha value is -1.51. The van der Waals surface area contributed by atoms with Crippen LogP contribution >= 0.6 is 0 Å². The van der Waals surface area contributed by atoms with Gasteiger partial charge < -0.3 is 10.1 Å². The second-order valence-corrected chi connectivity index (χ2v) is 3.41. The number of fused-ring (bicyclic) bond motifs is 1. The molecule has 74 valence electrons. The van der Waals surface area contributed by atoms with Gasteiger partial charge in [0.15, 0.2) is 0 Å². The molecule has 1 aliphatic rings. The van der Waals surface area contributed by atoms with Crippen LogP contribution < -0.4 is 10.1 Å². The van der Waals surface area contributed by atoms with Gasteiger partial charge in [0, 0.05) is 6.54 Å². The fraction of sp³-hybridized carbons (Fsp3) is 0.364. The van der Waals surface area contributed by atoms with Crippen LogP contribution in [0.4, 0.5) is 0 Å². The number of carbonyl (C=O) groups is 1. The van der Waals surface area contributed by atoms with Crippen LogP contribution in [-0.2, 0) is 17.6 Å². The van der Waals surface area contributed by atoms with Crippen molar-refractivity contribution in [1.29, 1.82) is 0 Å². The molecule has 0 aliphatic carbocycles. The fourth-order valence-electron chi connectivity index (χ4n) is 1.71. The summed E-state index contributed by atoms with van der Waals surface area (Å²) in [4.78, 5) is 11.3. The van der Waals surface area contributed by atoms with Crippen LogP contribution in [0.2, 0.25) is 0 Å². The maximum atomic E-state index is 11.3. The quantitative estimate of drug-likeness (QED) is 0.716. The molecule has 2 rings (SSSR count). The van der Waals surface area contributed by atoms with Gasteiger partial charge in [0.05, 0.1) is 13.5 Å². The molecule has 1 aromatic carbocycles. The minimum atomic E-state index is 0.105. The Labute approximate surface area is 83.1 Å².